The number of hydrogen-bond donors (Lipinski definition) is 2. The number of rotatable bonds is 4. The molecule has 0 aliphatic heterocycles. The summed E-state index contributed by atoms with van der Waals surface area (Å²) < 4.78 is 22.2. The van der Waals surface area contributed by atoms with Crippen LogP contribution in [0.15, 0.2) is 76.3 Å². The summed E-state index contributed by atoms with van der Waals surface area (Å²) >= 11 is 6.26. The topological polar surface area (TPSA) is 101 Å². The Morgan fingerprint density at radius 3 is 2.77 bits per heavy atom. The van der Waals surface area contributed by atoms with Crippen molar-refractivity contribution in [3.63, 3.8) is 0 Å². The maximum absolute atomic E-state index is 15.1. The number of halogens is 2. The van der Waals surface area contributed by atoms with Crippen LogP contribution in [0.3, 0.4) is 0 Å². The zero-order valence-electron chi connectivity index (χ0n) is 17.9. The second kappa shape index (κ2) is 7.82. The first kappa shape index (κ1) is 21.1. The smallest absolute Gasteiger partial charge is 0.353 e. The van der Waals surface area contributed by atoms with Gasteiger partial charge in [-0.05, 0) is 42.0 Å². The highest BCUT2D eigenvalue weighted by atomic mass is 35.5. The van der Waals surface area contributed by atoms with E-state index in [0.29, 0.717) is 16.5 Å². The number of carboxylic acids is 1. The fraction of sp³-hybridized carbons (Fsp3) is 0.0385. The van der Waals surface area contributed by atoms with Crippen molar-refractivity contribution in [1.82, 2.24) is 14.5 Å². The van der Waals surface area contributed by atoms with E-state index < -0.39 is 17.3 Å². The number of fused-ring (bicyclic) bond motifs is 4. The molecule has 7 nitrogen and oxygen atoms in total. The van der Waals surface area contributed by atoms with Crippen LogP contribution in [0.25, 0.3) is 43.9 Å². The Balaban J connectivity index is 1.77. The van der Waals surface area contributed by atoms with E-state index in [0.717, 1.165) is 5.39 Å². The number of hydrogen-bond acceptors (Lipinski definition) is 4. The molecular weight excluding hydrogens is 473 g/mol. The fourth-order valence-electron chi connectivity index (χ4n) is 4.69. The molecule has 0 unspecified atom stereocenters. The SMILES string of the molecule is O=C(O)c1c(-c2ccc[nH]c2=O)c2c3occc3c(F)cc2n1Cc1cc(Cl)nc2ccccc12. The molecule has 6 aromatic rings. The van der Waals surface area contributed by atoms with Gasteiger partial charge in [0.2, 0.25) is 0 Å². The predicted molar refractivity (Wildman–Crippen MR) is 131 cm³/mol. The van der Waals surface area contributed by atoms with E-state index >= 15 is 4.39 Å². The van der Waals surface area contributed by atoms with Crippen molar-refractivity contribution < 1.29 is 18.7 Å². The van der Waals surface area contributed by atoms with Crippen LogP contribution in [-0.4, -0.2) is 25.6 Å². The van der Waals surface area contributed by atoms with Crippen molar-refractivity contribution >= 4 is 50.3 Å². The number of aromatic carboxylic acids is 1. The highest BCUT2D eigenvalue weighted by Gasteiger charge is 2.29. The zero-order chi connectivity index (χ0) is 24.3. The third-order valence-corrected chi connectivity index (χ3v) is 6.30. The predicted octanol–water partition coefficient (Wildman–Crippen LogP) is 5.83. The monoisotopic (exact) mass is 487 g/mol. The van der Waals surface area contributed by atoms with Crippen molar-refractivity contribution in [2.24, 2.45) is 0 Å². The Bertz CT molecular complexity index is 1870. The summed E-state index contributed by atoms with van der Waals surface area (Å²) in [6.45, 7) is 0.0390. The van der Waals surface area contributed by atoms with Gasteiger partial charge in [-0.1, -0.05) is 29.8 Å². The fourth-order valence-corrected chi connectivity index (χ4v) is 4.91. The van der Waals surface area contributed by atoms with Crippen LogP contribution in [0.5, 0.6) is 0 Å². The normalized spacial score (nSPS) is 11.6. The van der Waals surface area contributed by atoms with Crippen LogP contribution >= 0.6 is 11.6 Å². The Hall–Kier alpha value is -4.43. The molecule has 0 aliphatic rings. The molecular formula is C26H15ClFN3O4. The number of aromatic nitrogens is 3. The number of nitrogens with zero attached hydrogens (tertiary/aromatic N) is 2. The molecule has 6 rings (SSSR count). The summed E-state index contributed by atoms with van der Waals surface area (Å²) in [6.07, 6.45) is 2.79. The molecule has 0 fully saturated rings. The minimum atomic E-state index is -1.27. The summed E-state index contributed by atoms with van der Waals surface area (Å²) in [5.41, 5.74) is 1.41. The summed E-state index contributed by atoms with van der Waals surface area (Å²) in [6, 6.07) is 14.8. The average Bonchev–Trinajstić information content (AvgIpc) is 3.43. The molecule has 4 heterocycles. The van der Waals surface area contributed by atoms with Crippen molar-refractivity contribution in [3.05, 3.63) is 99.6 Å². The highest BCUT2D eigenvalue weighted by Crippen LogP contribution is 2.40. The number of para-hydroxylation sites is 1. The lowest BCUT2D eigenvalue weighted by Gasteiger charge is -2.12. The first-order chi connectivity index (χ1) is 16.9. The van der Waals surface area contributed by atoms with E-state index in [-0.39, 0.29) is 45.0 Å². The molecule has 0 bridgehead atoms. The van der Waals surface area contributed by atoms with Gasteiger partial charge in [-0.2, -0.15) is 0 Å². The lowest BCUT2D eigenvalue weighted by Crippen LogP contribution is -2.13. The molecule has 0 radical (unpaired) electrons. The average molecular weight is 488 g/mol. The summed E-state index contributed by atoms with van der Waals surface area (Å²) in [5.74, 6) is -1.84. The number of benzene rings is 2. The molecule has 2 N–H and O–H groups in total. The van der Waals surface area contributed by atoms with Gasteiger partial charge in [-0.15, -0.1) is 0 Å². The molecule has 0 spiro atoms. The van der Waals surface area contributed by atoms with Gasteiger partial charge in [0.05, 0.1) is 33.6 Å². The highest BCUT2D eigenvalue weighted by molar-refractivity contribution is 6.30. The molecule has 2 aromatic carbocycles. The number of nitrogens with one attached hydrogen (secondary N) is 1. The van der Waals surface area contributed by atoms with E-state index in [9.17, 15) is 14.7 Å². The summed E-state index contributed by atoms with van der Waals surface area (Å²) in [7, 11) is 0. The van der Waals surface area contributed by atoms with Gasteiger partial charge >= 0.3 is 5.97 Å². The standard InChI is InChI=1S/C26H15ClFN3O4/c27-20-10-13(14-4-1-2-6-18(14)30-20)12-31-19-11-17(28)15-7-9-35-24(15)22(19)21(23(31)26(33)34)16-5-3-8-29-25(16)32/h1-11H,12H2,(H,29,32)(H,33,34). The van der Waals surface area contributed by atoms with Crippen molar-refractivity contribution in [2.45, 2.75) is 6.54 Å². The number of carbonyl (C=O) groups is 1. The van der Waals surface area contributed by atoms with Crippen molar-refractivity contribution in [1.29, 1.82) is 0 Å². The lowest BCUT2D eigenvalue weighted by atomic mass is 10.0. The molecule has 4 aromatic heterocycles. The number of H-pyrrole nitrogens is 1. The zero-order valence-corrected chi connectivity index (χ0v) is 18.6. The molecule has 0 aliphatic carbocycles. The first-order valence-corrected chi connectivity index (χ1v) is 11.0. The van der Waals surface area contributed by atoms with Gasteiger partial charge < -0.3 is 19.1 Å². The van der Waals surface area contributed by atoms with Gasteiger partial charge in [-0.3, -0.25) is 4.79 Å². The molecule has 0 saturated carbocycles. The quantitative estimate of drug-likeness (QED) is 0.305. The van der Waals surface area contributed by atoms with Crippen LogP contribution in [0.2, 0.25) is 5.15 Å². The van der Waals surface area contributed by atoms with E-state index in [1.54, 1.807) is 18.2 Å². The maximum Gasteiger partial charge on any atom is 0.353 e. The largest absolute Gasteiger partial charge is 0.477 e. The molecule has 0 saturated heterocycles. The Labute approximate surface area is 201 Å². The maximum atomic E-state index is 15.1. The minimum absolute atomic E-state index is 0.0390. The second-order valence-electron chi connectivity index (χ2n) is 8.06. The van der Waals surface area contributed by atoms with E-state index in [2.05, 4.69) is 9.97 Å². The molecule has 9 heteroatoms. The third kappa shape index (κ3) is 3.22. The molecule has 172 valence electrons. The number of carboxylic acid groups (broad SMARTS) is 1. The van der Waals surface area contributed by atoms with Gasteiger partial charge in [0.1, 0.15) is 22.2 Å². The first-order valence-electron chi connectivity index (χ1n) is 10.6. The van der Waals surface area contributed by atoms with Crippen molar-refractivity contribution in [2.75, 3.05) is 0 Å². The number of aromatic amines is 1. The lowest BCUT2D eigenvalue weighted by molar-refractivity contribution is 0.0687. The van der Waals surface area contributed by atoms with Gasteiger partial charge in [0.25, 0.3) is 5.56 Å². The molecule has 0 atom stereocenters. The van der Waals surface area contributed by atoms with Crippen LogP contribution in [0, 0.1) is 5.82 Å². The summed E-state index contributed by atoms with van der Waals surface area (Å²) in [5, 5.41) is 11.9. The molecule has 35 heavy (non-hydrogen) atoms. The van der Waals surface area contributed by atoms with Gasteiger partial charge in [-0.25, -0.2) is 14.2 Å². The van der Waals surface area contributed by atoms with Gasteiger partial charge in [0.15, 0.2) is 0 Å². The van der Waals surface area contributed by atoms with E-state index in [1.165, 1.54) is 35.2 Å². The Kier molecular flexibility index (Phi) is 4.72. The Morgan fingerprint density at radius 2 is 1.97 bits per heavy atom. The number of furan rings is 1. The molecule has 0 amide bonds. The summed E-state index contributed by atoms with van der Waals surface area (Å²) in [4.78, 5) is 32.4. The van der Waals surface area contributed by atoms with Crippen LogP contribution < -0.4 is 5.56 Å². The Morgan fingerprint density at radius 1 is 1.14 bits per heavy atom. The van der Waals surface area contributed by atoms with Gasteiger partial charge in [0, 0.05) is 23.7 Å². The van der Waals surface area contributed by atoms with E-state index in [4.69, 9.17) is 16.0 Å². The number of pyridine rings is 2. The van der Waals surface area contributed by atoms with Crippen LogP contribution in [0.4, 0.5) is 4.39 Å². The second-order valence-corrected chi connectivity index (χ2v) is 8.45. The minimum Gasteiger partial charge on any atom is -0.477 e. The van der Waals surface area contributed by atoms with E-state index in [1.807, 2.05) is 18.2 Å². The van der Waals surface area contributed by atoms with Crippen LogP contribution in [-0.2, 0) is 6.54 Å². The van der Waals surface area contributed by atoms with Crippen LogP contribution in [0.1, 0.15) is 16.1 Å². The third-order valence-electron chi connectivity index (χ3n) is 6.11. The van der Waals surface area contributed by atoms with Crippen molar-refractivity contribution in [3.8, 4) is 11.1 Å².